The summed E-state index contributed by atoms with van der Waals surface area (Å²) < 4.78 is 40.6. The van der Waals surface area contributed by atoms with Gasteiger partial charge in [-0.2, -0.15) is 13.2 Å². The van der Waals surface area contributed by atoms with Crippen LogP contribution in [-0.2, 0) is 5.88 Å². The largest absolute Gasteiger partial charge is 0.477 e. The van der Waals surface area contributed by atoms with Gasteiger partial charge in [0.25, 0.3) is 0 Å². The lowest BCUT2D eigenvalue weighted by Crippen LogP contribution is -2.10. The van der Waals surface area contributed by atoms with E-state index in [9.17, 15) is 13.2 Å². The number of rotatable bonds is 5. The molecule has 0 aliphatic heterocycles. The minimum atomic E-state index is -4.14. The molecule has 0 radical (unpaired) electrons. The smallest absolute Gasteiger partial charge is 0.389 e. The maximum atomic E-state index is 11.8. The summed E-state index contributed by atoms with van der Waals surface area (Å²) >= 11 is 5.62. The normalized spacial score (nSPS) is 11.5. The lowest BCUT2D eigenvalue weighted by atomic mass is 10.3. The van der Waals surface area contributed by atoms with Gasteiger partial charge in [0.2, 0.25) is 5.88 Å². The maximum Gasteiger partial charge on any atom is 0.389 e. The van der Waals surface area contributed by atoms with Gasteiger partial charge in [-0.3, -0.25) is 0 Å². The molecular formula is C10H11ClF3NO. The fourth-order valence-electron chi connectivity index (χ4n) is 1.10. The van der Waals surface area contributed by atoms with Gasteiger partial charge < -0.3 is 4.74 Å². The van der Waals surface area contributed by atoms with Gasteiger partial charge in [-0.25, -0.2) is 4.98 Å². The lowest BCUT2D eigenvalue weighted by Gasteiger charge is -2.09. The van der Waals surface area contributed by atoms with Crippen LogP contribution in [0.4, 0.5) is 13.2 Å². The highest BCUT2D eigenvalue weighted by atomic mass is 35.5. The van der Waals surface area contributed by atoms with Crippen LogP contribution in [0.3, 0.4) is 0 Å². The molecule has 0 bridgehead atoms. The molecule has 0 N–H and O–H groups in total. The molecule has 0 aromatic carbocycles. The zero-order valence-electron chi connectivity index (χ0n) is 8.43. The molecule has 0 saturated carbocycles. The van der Waals surface area contributed by atoms with Crippen LogP contribution in [0.15, 0.2) is 18.3 Å². The highest BCUT2D eigenvalue weighted by Crippen LogP contribution is 2.22. The number of alkyl halides is 4. The first-order valence-corrected chi connectivity index (χ1v) is 5.26. The molecule has 1 aromatic heterocycles. The third-order valence-corrected chi connectivity index (χ3v) is 2.13. The molecule has 0 fully saturated rings. The first-order chi connectivity index (χ1) is 7.53. The van der Waals surface area contributed by atoms with Gasteiger partial charge in [0.15, 0.2) is 0 Å². The number of hydrogen-bond donors (Lipinski definition) is 0. The first kappa shape index (κ1) is 13.1. The number of hydrogen-bond acceptors (Lipinski definition) is 2. The highest BCUT2D eigenvalue weighted by molar-refractivity contribution is 6.17. The number of halogens is 4. The lowest BCUT2D eigenvalue weighted by molar-refractivity contribution is -0.136. The van der Waals surface area contributed by atoms with Crippen molar-refractivity contribution in [2.24, 2.45) is 0 Å². The van der Waals surface area contributed by atoms with Gasteiger partial charge in [0.1, 0.15) is 0 Å². The molecule has 0 saturated heterocycles. The zero-order chi connectivity index (χ0) is 12.0. The van der Waals surface area contributed by atoms with Crippen LogP contribution in [0.25, 0.3) is 0 Å². The van der Waals surface area contributed by atoms with Crippen LogP contribution in [0.5, 0.6) is 5.88 Å². The van der Waals surface area contributed by atoms with Gasteiger partial charge in [0.05, 0.1) is 12.5 Å². The molecular weight excluding hydrogens is 243 g/mol. The number of pyridine rings is 1. The van der Waals surface area contributed by atoms with Gasteiger partial charge >= 0.3 is 6.18 Å². The zero-order valence-corrected chi connectivity index (χ0v) is 9.18. The van der Waals surface area contributed by atoms with Crippen LogP contribution < -0.4 is 4.74 Å². The van der Waals surface area contributed by atoms with E-state index in [1.165, 1.54) is 6.20 Å². The second-order valence-electron chi connectivity index (χ2n) is 3.17. The van der Waals surface area contributed by atoms with E-state index in [0.717, 1.165) is 0 Å². The van der Waals surface area contributed by atoms with Crippen molar-refractivity contribution in [2.75, 3.05) is 6.61 Å². The van der Waals surface area contributed by atoms with Crippen molar-refractivity contribution in [3.05, 3.63) is 23.9 Å². The Kier molecular flexibility index (Phi) is 4.86. The molecule has 6 heteroatoms. The van der Waals surface area contributed by atoms with E-state index < -0.39 is 12.6 Å². The standard InChI is InChI=1S/C10H11ClF3NO/c11-7-8-3-1-5-15-9(8)16-6-2-4-10(12,13)14/h1,3,5H,2,4,6-7H2. The Morgan fingerprint density at radius 1 is 1.38 bits per heavy atom. The van der Waals surface area contributed by atoms with Crippen molar-refractivity contribution < 1.29 is 17.9 Å². The van der Waals surface area contributed by atoms with Gasteiger partial charge in [-0.05, 0) is 12.5 Å². The molecule has 90 valence electrons. The molecule has 2 nitrogen and oxygen atoms in total. The van der Waals surface area contributed by atoms with Gasteiger partial charge in [-0.15, -0.1) is 11.6 Å². The average Bonchev–Trinajstić information content (AvgIpc) is 2.23. The summed E-state index contributed by atoms with van der Waals surface area (Å²) in [5.41, 5.74) is 0.677. The molecule has 1 heterocycles. The predicted octanol–water partition coefficient (Wildman–Crippen LogP) is 3.54. The SMILES string of the molecule is FC(F)(F)CCCOc1ncccc1CCl. The van der Waals surface area contributed by atoms with E-state index in [-0.39, 0.29) is 18.9 Å². The molecule has 1 aromatic rings. The van der Waals surface area contributed by atoms with Crippen molar-refractivity contribution in [3.63, 3.8) is 0 Å². The molecule has 0 spiro atoms. The quantitative estimate of drug-likeness (QED) is 0.591. The van der Waals surface area contributed by atoms with Crippen molar-refractivity contribution in [1.82, 2.24) is 4.98 Å². The monoisotopic (exact) mass is 253 g/mol. The molecule has 0 unspecified atom stereocenters. The van der Waals surface area contributed by atoms with E-state index in [2.05, 4.69) is 4.98 Å². The third kappa shape index (κ3) is 4.70. The van der Waals surface area contributed by atoms with Crippen molar-refractivity contribution in [2.45, 2.75) is 24.9 Å². The van der Waals surface area contributed by atoms with E-state index in [1.807, 2.05) is 0 Å². The Balaban J connectivity index is 2.37. The molecule has 0 amide bonds. The van der Waals surface area contributed by atoms with Crippen LogP contribution in [-0.4, -0.2) is 17.8 Å². The molecule has 1 rings (SSSR count). The number of nitrogens with zero attached hydrogens (tertiary/aromatic N) is 1. The van der Waals surface area contributed by atoms with Gasteiger partial charge in [-0.1, -0.05) is 6.07 Å². The summed E-state index contributed by atoms with van der Waals surface area (Å²) in [6.45, 7) is -0.0135. The Morgan fingerprint density at radius 2 is 2.12 bits per heavy atom. The van der Waals surface area contributed by atoms with E-state index in [1.54, 1.807) is 12.1 Å². The van der Waals surface area contributed by atoms with Crippen LogP contribution in [0, 0.1) is 0 Å². The Labute approximate surface area is 96.4 Å². The highest BCUT2D eigenvalue weighted by Gasteiger charge is 2.26. The predicted molar refractivity (Wildman–Crippen MR) is 54.6 cm³/mol. The minimum absolute atomic E-state index is 0.0135. The summed E-state index contributed by atoms with van der Waals surface area (Å²) in [4.78, 5) is 3.90. The summed E-state index contributed by atoms with van der Waals surface area (Å²) in [7, 11) is 0. The molecule has 0 atom stereocenters. The van der Waals surface area contributed by atoms with E-state index in [4.69, 9.17) is 16.3 Å². The topological polar surface area (TPSA) is 22.1 Å². The summed E-state index contributed by atoms with van der Waals surface area (Å²) in [6, 6.07) is 3.42. The van der Waals surface area contributed by atoms with Gasteiger partial charge in [0, 0.05) is 18.2 Å². The Hall–Kier alpha value is -0.970. The summed E-state index contributed by atoms with van der Waals surface area (Å²) in [5.74, 6) is 0.530. The molecule has 0 aliphatic rings. The van der Waals surface area contributed by atoms with E-state index in [0.29, 0.717) is 11.4 Å². The number of ether oxygens (including phenoxy) is 1. The third-order valence-electron chi connectivity index (χ3n) is 1.84. The second kappa shape index (κ2) is 5.94. The molecule has 0 aliphatic carbocycles. The van der Waals surface area contributed by atoms with Crippen LogP contribution in [0.1, 0.15) is 18.4 Å². The van der Waals surface area contributed by atoms with Crippen molar-refractivity contribution >= 4 is 11.6 Å². The maximum absolute atomic E-state index is 11.8. The van der Waals surface area contributed by atoms with Crippen molar-refractivity contribution in [3.8, 4) is 5.88 Å². The Morgan fingerprint density at radius 3 is 2.75 bits per heavy atom. The summed E-state index contributed by atoms with van der Waals surface area (Å²) in [5, 5.41) is 0. The summed E-state index contributed by atoms with van der Waals surface area (Å²) in [6.07, 6.45) is -3.56. The fraction of sp³-hybridized carbons (Fsp3) is 0.500. The first-order valence-electron chi connectivity index (χ1n) is 4.72. The average molecular weight is 254 g/mol. The second-order valence-corrected chi connectivity index (χ2v) is 3.44. The Bertz CT molecular complexity index is 330. The van der Waals surface area contributed by atoms with Crippen LogP contribution in [0.2, 0.25) is 0 Å². The van der Waals surface area contributed by atoms with E-state index >= 15 is 0 Å². The minimum Gasteiger partial charge on any atom is -0.477 e. The fourth-order valence-corrected chi connectivity index (χ4v) is 1.30. The van der Waals surface area contributed by atoms with Crippen LogP contribution >= 0.6 is 11.6 Å². The van der Waals surface area contributed by atoms with Crippen molar-refractivity contribution in [1.29, 1.82) is 0 Å². The number of aromatic nitrogens is 1. The molecule has 16 heavy (non-hydrogen) atoms.